The summed E-state index contributed by atoms with van der Waals surface area (Å²) in [6.45, 7) is 1.24. The number of carbonyl (C=O) groups is 2. The molecule has 0 aromatic carbocycles. The van der Waals surface area contributed by atoms with Crippen LogP contribution in [0.3, 0.4) is 0 Å². The van der Waals surface area contributed by atoms with E-state index in [1.165, 1.54) is 21.8 Å². The summed E-state index contributed by atoms with van der Waals surface area (Å²) < 4.78 is 2.09. The molecule has 0 unspecified atom stereocenters. The van der Waals surface area contributed by atoms with Crippen molar-refractivity contribution in [2.24, 2.45) is 0 Å². The van der Waals surface area contributed by atoms with Crippen LogP contribution >= 0.6 is 22.9 Å². The Morgan fingerprint density at radius 2 is 2.29 bits per heavy atom. The molecular weight excluding hydrogens is 314 g/mol. The second kappa shape index (κ2) is 5.50. The van der Waals surface area contributed by atoms with Gasteiger partial charge < -0.3 is 10.0 Å². The van der Waals surface area contributed by atoms with Gasteiger partial charge in [0, 0.05) is 24.2 Å². The van der Waals surface area contributed by atoms with Gasteiger partial charge in [-0.05, 0) is 24.1 Å². The van der Waals surface area contributed by atoms with E-state index in [2.05, 4.69) is 5.10 Å². The van der Waals surface area contributed by atoms with Crippen molar-refractivity contribution in [1.82, 2.24) is 14.7 Å². The van der Waals surface area contributed by atoms with Crippen molar-refractivity contribution in [1.29, 1.82) is 0 Å². The van der Waals surface area contributed by atoms with Gasteiger partial charge in [-0.2, -0.15) is 5.10 Å². The minimum atomic E-state index is -1.10. The Kier molecular flexibility index (Phi) is 3.69. The molecule has 110 valence electrons. The molecule has 21 heavy (non-hydrogen) atoms. The van der Waals surface area contributed by atoms with Gasteiger partial charge in [0.05, 0.1) is 4.34 Å². The first-order valence-corrected chi connectivity index (χ1v) is 7.54. The molecule has 0 atom stereocenters. The van der Waals surface area contributed by atoms with Crippen molar-refractivity contribution in [2.45, 2.75) is 19.5 Å². The molecule has 1 aliphatic rings. The summed E-state index contributed by atoms with van der Waals surface area (Å²) >= 11 is 7.54. The maximum atomic E-state index is 12.3. The van der Waals surface area contributed by atoms with Crippen molar-refractivity contribution < 1.29 is 14.7 Å². The lowest BCUT2D eigenvalue weighted by Gasteiger charge is -2.26. The van der Waals surface area contributed by atoms with E-state index < -0.39 is 5.97 Å². The standard InChI is InChI=1S/C13H12ClN3O3S/c14-11-5-8-6-16(3-2-10(8)21-11)12(18)7-17-4-1-9(15-17)13(19)20/h1,4-5H,2-3,6-7H2,(H,19,20). The van der Waals surface area contributed by atoms with Gasteiger partial charge in [-0.15, -0.1) is 11.3 Å². The predicted octanol–water partition coefficient (Wildman–Crippen LogP) is 1.88. The topological polar surface area (TPSA) is 75.4 Å². The number of rotatable bonds is 3. The van der Waals surface area contributed by atoms with Gasteiger partial charge in [-0.3, -0.25) is 9.48 Å². The number of aromatic carboxylic acids is 1. The molecule has 0 saturated heterocycles. The zero-order valence-corrected chi connectivity index (χ0v) is 12.5. The van der Waals surface area contributed by atoms with E-state index in [9.17, 15) is 9.59 Å². The molecule has 0 spiro atoms. The lowest BCUT2D eigenvalue weighted by Crippen LogP contribution is -2.37. The number of hydrogen-bond acceptors (Lipinski definition) is 4. The summed E-state index contributed by atoms with van der Waals surface area (Å²) in [6.07, 6.45) is 2.30. The van der Waals surface area contributed by atoms with Crippen LogP contribution in [0.25, 0.3) is 0 Å². The van der Waals surface area contributed by atoms with E-state index >= 15 is 0 Å². The summed E-state index contributed by atoms with van der Waals surface area (Å²) in [4.78, 5) is 26.0. The number of fused-ring (bicyclic) bond motifs is 1. The quantitative estimate of drug-likeness (QED) is 0.935. The molecule has 1 aliphatic heterocycles. The molecule has 0 bridgehead atoms. The molecule has 0 saturated carbocycles. The molecule has 8 heteroatoms. The Labute approximate surface area is 129 Å². The Bertz CT molecular complexity index is 709. The first-order chi connectivity index (χ1) is 10.0. The van der Waals surface area contributed by atoms with Crippen LogP contribution in [0.1, 0.15) is 20.9 Å². The zero-order valence-electron chi connectivity index (χ0n) is 11.0. The van der Waals surface area contributed by atoms with Crippen LogP contribution in [0.5, 0.6) is 0 Å². The molecule has 0 fully saturated rings. The monoisotopic (exact) mass is 325 g/mol. The number of carboxylic acids is 1. The van der Waals surface area contributed by atoms with Crippen molar-refractivity contribution in [2.75, 3.05) is 6.54 Å². The van der Waals surface area contributed by atoms with Gasteiger partial charge >= 0.3 is 5.97 Å². The Hall–Kier alpha value is -1.86. The molecule has 1 amide bonds. The molecule has 6 nitrogen and oxygen atoms in total. The molecule has 0 radical (unpaired) electrons. The molecule has 3 rings (SSSR count). The summed E-state index contributed by atoms with van der Waals surface area (Å²) in [5.74, 6) is -1.18. The third-order valence-corrected chi connectivity index (χ3v) is 4.71. The number of carbonyl (C=O) groups excluding carboxylic acids is 1. The minimum Gasteiger partial charge on any atom is -0.476 e. The third kappa shape index (κ3) is 2.93. The summed E-state index contributed by atoms with van der Waals surface area (Å²) in [5, 5.41) is 12.7. The van der Waals surface area contributed by atoms with Crippen LogP contribution in [0.2, 0.25) is 4.34 Å². The molecule has 0 aliphatic carbocycles. The zero-order chi connectivity index (χ0) is 15.0. The second-order valence-electron chi connectivity index (χ2n) is 4.77. The average molecular weight is 326 g/mol. The molecule has 2 aromatic heterocycles. The van der Waals surface area contributed by atoms with Crippen LogP contribution in [-0.2, 0) is 24.3 Å². The van der Waals surface area contributed by atoms with Crippen molar-refractivity contribution >= 4 is 34.8 Å². The van der Waals surface area contributed by atoms with E-state index in [4.69, 9.17) is 16.7 Å². The second-order valence-corrected chi connectivity index (χ2v) is 6.54. The fourth-order valence-corrected chi connectivity index (χ4v) is 3.61. The van der Waals surface area contributed by atoms with Gasteiger partial charge in [0.15, 0.2) is 5.69 Å². The van der Waals surface area contributed by atoms with Crippen molar-refractivity contribution in [3.05, 3.63) is 38.8 Å². The van der Waals surface area contributed by atoms with E-state index in [-0.39, 0.29) is 18.1 Å². The summed E-state index contributed by atoms with van der Waals surface area (Å²) in [7, 11) is 0. The molecule has 2 aromatic rings. The molecule has 3 heterocycles. The first-order valence-electron chi connectivity index (χ1n) is 6.34. The Morgan fingerprint density at radius 1 is 1.48 bits per heavy atom. The minimum absolute atomic E-state index is 0.0421. The molecule has 1 N–H and O–H groups in total. The highest BCUT2D eigenvalue weighted by Gasteiger charge is 2.23. The van der Waals surface area contributed by atoms with Crippen molar-refractivity contribution in [3.63, 3.8) is 0 Å². The fraction of sp³-hybridized carbons (Fsp3) is 0.308. The highest BCUT2D eigenvalue weighted by Crippen LogP contribution is 2.31. The van der Waals surface area contributed by atoms with Crippen LogP contribution in [-0.4, -0.2) is 38.2 Å². The fourth-order valence-electron chi connectivity index (χ4n) is 2.31. The normalized spacial score (nSPS) is 14.0. The van der Waals surface area contributed by atoms with Gasteiger partial charge in [-0.25, -0.2) is 4.79 Å². The van der Waals surface area contributed by atoms with Crippen molar-refractivity contribution in [3.8, 4) is 0 Å². The van der Waals surface area contributed by atoms with Gasteiger partial charge in [0.25, 0.3) is 0 Å². The maximum Gasteiger partial charge on any atom is 0.356 e. The van der Waals surface area contributed by atoms with Crippen LogP contribution in [0.4, 0.5) is 0 Å². The average Bonchev–Trinajstić information content (AvgIpc) is 3.02. The number of halogens is 1. The number of nitrogens with zero attached hydrogens (tertiary/aromatic N) is 3. The van der Waals surface area contributed by atoms with Crippen LogP contribution in [0, 0.1) is 0 Å². The number of aromatic nitrogens is 2. The van der Waals surface area contributed by atoms with E-state index in [1.807, 2.05) is 6.07 Å². The summed E-state index contributed by atoms with van der Waals surface area (Å²) in [5.41, 5.74) is 1.03. The smallest absolute Gasteiger partial charge is 0.356 e. The van der Waals surface area contributed by atoms with Crippen LogP contribution in [0.15, 0.2) is 18.3 Å². The number of amides is 1. The highest BCUT2D eigenvalue weighted by atomic mass is 35.5. The highest BCUT2D eigenvalue weighted by molar-refractivity contribution is 7.16. The molecular formula is C13H12ClN3O3S. The Balaban J connectivity index is 1.67. The van der Waals surface area contributed by atoms with E-state index in [0.717, 1.165) is 16.3 Å². The first kappa shape index (κ1) is 14.1. The van der Waals surface area contributed by atoms with Crippen LogP contribution < -0.4 is 0 Å². The predicted molar refractivity (Wildman–Crippen MR) is 77.6 cm³/mol. The van der Waals surface area contributed by atoms with Gasteiger partial charge in [-0.1, -0.05) is 11.6 Å². The SMILES string of the molecule is O=C(O)c1ccn(CC(=O)N2CCc3sc(Cl)cc3C2)n1. The number of carboxylic acid groups (broad SMARTS) is 1. The third-order valence-electron chi connectivity index (χ3n) is 3.35. The number of hydrogen-bond donors (Lipinski definition) is 1. The lowest BCUT2D eigenvalue weighted by molar-refractivity contribution is -0.132. The summed E-state index contributed by atoms with van der Waals surface area (Å²) in [6, 6.07) is 3.28. The number of thiophene rings is 1. The largest absolute Gasteiger partial charge is 0.476 e. The van der Waals surface area contributed by atoms with Gasteiger partial charge in [0.2, 0.25) is 5.91 Å². The van der Waals surface area contributed by atoms with E-state index in [1.54, 1.807) is 16.2 Å². The van der Waals surface area contributed by atoms with E-state index in [0.29, 0.717) is 13.1 Å². The Morgan fingerprint density at radius 3 is 3.00 bits per heavy atom. The maximum absolute atomic E-state index is 12.3. The lowest BCUT2D eigenvalue weighted by atomic mass is 10.1. The van der Waals surface area contributed by atoms with Gasteiger partial charge in [0.1, 0.15) is 6.54 Å².